The Hall–Kier alpha value is -2.02. The van der Waals surface area contributed by atoms with Gasteiger partial charge in [-0.3, -0.25) is 4.79 Å². The van der Waals surface area contributed by atoms with E-state index in [1.807, 2.05) is 6.92 Å². The van der Waals surface area contributed by atoms with Gasteiger partial charge in [0.25, 0.3) is 0 Å². The summed E-state index contributed by atoms with van der Waals surface area (Å²) in [6.45, 7) is 7.10. The van der Waals surface area contributed by atoms with Crippen molar-refractivity contribution in [2.75, 3.05) is 39.9 Å². The van der Waals surface area contributed by atoms with Crippen molar-refractivity contribution in [3.63, 3.8) is 0 Å². The first-order chi connectivity index (χ1) is 12.0. The van der Waals surface area contributed by atoms with E-state index >= 15 is 0 Å². The highest BCUT2D eigenvalue weighted by molar-refractivity contribution is 6.30. The molecule has 1 N–H and O–H groups in total. The molecule has 0 radical (unpaired) electrons. The van der Waals surface area contributed by atoms with Crippen LogP contribution in [-0.4, -0.2) is 61.7 Å². The van der Waals surface area contributed by atoms with Crippen LogP contribution >= 0.6 is 11.6 Å². The van der Waals surface area contributed by atoms with E-state index in [1.54, 1.807) is 18.3 Å². The molecule has 0 spiro atoms. The molecule has 2 unspecified atom stereocenters. The van der Waals surface area contributed by atoms with Gasteiger partial charge in [0, 0.05) is 31.9 Å². The minimum atomic E-state index is -0.164. The van der Waals surface area contributed by atoms with Gasteiger partial charge in [-0.2, -0.15) is 0 Å². The molecule has 2 heterocycles. The number of nitrogens with zero attached hydrogens (tertiary/aromatic N) is 3. The van der Waals surface area contributed by atoms with Gasteiger partial charge in [0.15, 0.2) is 5.96 Å². The van der Waals surface area contributed by atoms with E-state index in [4.69, 9.17) is 21.1 Å². The second-order valence-electron chi connectivity index (χ2n) is 5.91. The number of halogens is 1. The highest BCUT2D eigenvalue weighted by atomic mass is 35.5. The SMILES string of the molecule is CCNC(=NCCOc1ccc(Cl)cn1)N1CC(C)C(C(=O)OC)C1. The standard InChI is InChI=1S/C17H25ClN4O3/c1-4-19-17(22-10-12(2)14(11-22)16(23)24-3)20-7-8-25-15-6-5-13(18)9-21-15/h5-6,9,12,14H,4,7-8,10-11H2,1-3H3,(H,19,20). The Balaban J connectivity index is 1.90. The van der Waals surface area contributed by atoms with Gasteiger partial charge < -0.3 is 19.7 Å². The summed E-state index contributed by atoms with van der Waals surface area (Å²) in [4.78, 5) is 22.6. The van der Waals surface area contributed by atoms with Crippen LogP contribution in [0.5, 0.6) is 5.88 Å². The van der Waals surface area contributed by atoms with Gasteiger partial charge in [-0.15, -0.1) is 0 Å². The summed E-state index contributed by atoms with van der Waals surface area (Å²) in [5.41, 5.74) is 0. The normalized spacial score (nSPS) is 20.5. The van der Waals surface area contributed by atoms with Gasteiger partial charge in [-0.1, -0.05) is 18.5 Å². The van der Waals surface area contributed by atoms with Crippen molar-refractivity contribution in [1.29, 1.82) is 0 Å². The monoisotopic (exact) mass is 368 g/mol. The fourth-order valence-corrected chi connectivity index (χ4v) is 2.88. The lowest BCUT2D eigenvalue weighted by Gasteiger charge is -2.21. The minimum absolute atomic E-state index is 0.122. The van der Waals surface area contributed by atoms with Gasteiger partial charge in [0.1, 0.15) is 6.61 Å². The second kappa shape index (κ2) is 9.46. The van der Waals surface area contributed by atoms with E-state index in [0.29, 0.717) is 30.6 Å². The summed E-state index contributed by atoms with van der Waals surface area (Å²) in [6, 6.07) is 3.45. The summed E-state index contributed by atoms with van der Waals surface area (Å²) in [7, 11) is 1.43. The van der Waals surface area contributed by atoms with Crippen LogP contribution in [0.3, 0.4) is 0 Å². The molecule has 0 bridgehead atoms. The number of guanidine groups is 1. The smallest absolute Gasteiger partial charge is 0.310 e. The van der Waals surface area contributed by atoms with Crippen molar-refractivity contribution >= 4 is 23.5 Å². The first-order valence-corrected chi connectivity index (χ1v) is 8.78. The zero-order valence-corrected chi connectivity index (χ0v) is 15.6. The van der Waals surface area contributed by atoms with Gasteiger partial charge in [0.2, 0.25) is 5.88 Å². The molecule has 8 heteroatoms. The molecule has 1 aliphatic rings. The lowest BCUT2D eigenvalue weighted by molar-refractivity contribution is -0.145. The first-order valence-electron chi connectivity index (χ1n) is 8.40. The molecule has 0 aromatic carbocycles. The quantitative estimate of drug-likeness (QED) is 0.357. The number of carbonyl (C=O) groups excluding carboxylic acids is 1. The summed E-state index contributed by atoms with van der Waals surface area (Å²) in [5, 5.41) is 3.84. The number of aromatic nitrogens is 1. The molecular formula is C17H25ClN4O3. The van der Waals surface area contributed by atoms with Crippen LogP contribution in [0.15, 0.2) is 23.3 Å². The number of hydrogen-bond acceptors (Lipinski definition) is 5. The zero-order valence-electron chi connectivity index (χ0n) is 14.9. The third-order valence-corrected chi connectivity index (χ3v) is 4.28. The fourth-order valence-electron chi connectivity index (χ4n) is 2.77. The second-order valence-corrected chi connectivity index (χ2v) is 6.35. The summed E-state index contributed by atoms with van der Waals surface area (Å²) in [6.07, 6.45) is 1.54. The Morgan fingerprint density at radius 2 is 2.28 bits per heavy atom. The van der Waals surface area contributed by atoms with Crippen LogP contribution in [0.1, 0.15) is 13.8 Å². The molecule has 7 nitrogen and oxygen atoms in total. The highest BCUT2D eigenvalue weighted by Crippen LogP contribution is 2.24. The molecule has 0 aliphatic carbocycles. The minimum Gasteiger partial charge on any atom is -0.476 e. The van der Waals surface area contributed by atoms with Crippen molar-refractivity contribution < 1.29 is 14.3 Å². The molecule has 1 aromatic rings. The summed E-state index contributed by atoms with van der Waals surface area (Å²) < 4.78 is 10.4. The zero-order chi connectivity index (χ0) is 18.2. The maximum atomic E-state index is 11.8. The Kier molecular flexibility index (Phi) is 7.31. The maximum Gasteiger partial charge on any atom is 0.310 e. The Labute approximate surface area is 153 Å². The summed E-state index contributed by atoms with van der Waals surface area (Å²) in [5.74, 6) is 1.25. The number of aliphatic imine (C=N–C) groups is 1. The number of hydrogen-bond donors (Lipinski definition) is 1. The molecule has 2 rings (SSSR count). The molecule has 1 saturated heterocycles. The molecule has 1 aliphatic heterocycles. The summed E-state index contributed by atoms with van der Waals surface area (Å²) >= 11 is 5.79. The molecule has 2 atom stereocenters. The Bertz CT molecular complexity index is 594. The van der Waals surface area contributed by atoms with Crippen LogP contribution < -0.4 is 10.1 Å². The van der Waals surface area contributed by atoms with Crippen LogP contribution in [0.4, 0.5) is 0 Å². The van der Waals surface area contributed by atoms with Crippen molar-refractivity contribution in [3.8, 4) is 5.88 Å². The third kappa shape index (κ3) is 5.49. The topological polar surface area (TPSA) is 76.1 Å². The number of nitrogens with one attached hydrogen (secondary N) is 1. The molecule has 0 saturated carbocycles. The van der Waals surface area contributed by atoms with Gasteiger partial charge in [-0.25, -0.2) is 9.98 Å². The van der Waals surface area contributed by atoms with Crippen molar-refractivity contribution in [2.24, 2.45) is 16.8 Å². The average Bonchev–Trinajstić information content (AvgIpc) is 3.00. The van der Waals surface area contributed by atoms with E-state index < -0.39 is 0 Å². The van der Waals surface area contributed by atoms with E-state index in [-0.39, 0.29) is 17.8 Å². The van der Waals surface area contributed by atoms with Crippen LogP contribution in [-0.2, 0) is 9.53 Å². The molecule has 25 heavy (non-hydrogen) atoms. The van der Waals surface area contributed by atoms with Crippen LogP contribution in [0.25, 0.3) is 0 Å². The molecule has 1 aromatic heterocycles. The van der Waals surface area contributed by atoms with E-state index in [1.165, 1.54) is 7.11 Å². The molecule has 138 valence electrons. The number of methoxy groups -OCH3 is 1. The van der Waals surface area contributed by atoms with Crippen molar-refractivity contribution in [3.05, 3.63) is 23.4 Å². The van der Waals surface area contributed by atoms with Gasteiger partial charge >= 0.3 is 5.97 Å². The van der Waals surface area contributed by atoms with Crippen molar-refractivity contribution in [2.45, 2.75) is 13.8 Å². The number of carbonyl (C=O) groups is 1. The predicted molar refractivity (Wildman–Crippen MR) is 97.0 cm³/mol. The van der Waals surface area contributed by atoms with Gasteiger partial charge in [0.05, 0.1) is 24.6 Å². The maximum absolute atomic E-state index is 11.8. The molecular weight excluding hydrogens is 344 g/mol. The first kappa shape index (κ1) is 19.3. The molecule has 1 fully saturated rings. The van der Waals surface area contributed by atoms with E-state index in [2.05, 4.69) is 27.1 Å². The van der Waals surface area contributed by atoms with Crippen LogP contribution in [0.2, 0.25) is 5.02 Å². The number of likely N-dealkylation sites (tertiary alicyclic amines) is 1. The Morgan fingerprint density at radius 3 is 2.92 bits per heavy atom. The lowest BCUT2D eigenvalue weighted by atomic mass is 9.99. The van der Waals surface area contributed by atoms with E-state index in [0.717, 1.165) is 19.0 Å². The fraction of sp³-hybridized carbons (Fsp3) is 0.588. The number of rotatable bonds is 6. The Morgan fingerprint density at radius 1 is 1.48 bits per heavy atom. The predicted octanol–water partition coefficient (Wildman–Crippen LogP) is 1.82. The largest absolute Gasteiger partial charge is 0.476 e. The van der Waals surface area contributed by atoms with Crippen LogP contribution in [0, 0.1) is 11.8 Å². The van der Waals surface area contributed by atoms with Crippen molar-refractivity contribution in [1.82, 2.24) is 15.2 Å². The highest BCUT2D eigenvalue weighted by Gasteiger charge is 2.36. The third-order valence-electron chi connectivity index (χ3n) is 4.05. The average molecular weight is 369 g/mol. The lowest BCUT2D eigenvalue weighted by Crippen LogP contribution is -2.41. The van der Waals surface area contributed by atoms with E-state index in [9.17, 15) is 4.79 Å². The number of esters is 1. The van der Waals surface area contributed by atoms with Gasteiger partial charge in [-0.05, 0) is 18.9 Å². The number of pyridine rings is 1. The molecule has 0 amide bonds. The number of ether oxygens (including phenoxy) is 2.